The van der Waals surface area contributed by atoms with Crippen LogP contribution in [0.1, 0.15) is 63.2 Å². The lowest BCUT2D eigenvalue weighted by Gasteiger charge is -2.35. The third-order valence-corrected chi connectivity index (χ3v) is 6.66. The first-order valence-corrected chi connectivity index (χ1v) is 12.9. The van der Waals surface area contributed by atoms with E-state index in [1.807, 2.05) is 29.2 Å². The van der Waals surface area contributed by atoms with E-state index >= 15 is 0 Å². The van der Waals surface area contributed by atoms with Gasteiger partial charge in [0, 0.05) is 62.4 Å². The molecule has 2 aromatic rings. The number of anilines is 1. The number of carbonyl (C=O) groups excluding carboxylic acids is 2. The van der Waals surface area contributed by atoms with E-state index in [1.165, 1.54) is 0 Å². The number of amides is 2. The van der Waals surface area contributed by atoms with Gasteiger partial charge in [-0.05, 0) is 23.6 Å². The molecular formula is C26H37N5O2S. The van der Waals surface area contributed by atoms with Gasteiger partial charge in [-0.3, -0.25) is 9.59 Å². The zero-order valence-electron chi connectivity index (χ0n) is 21.2. The molecule has 2 heterocycles. The van der Waals surface area contributed by atoms with Crippen molar-refractivity contribution in [2.45, 2.75) is 57.9 Å². The first kappa shape index (κ1) is 26.0. The van der Waals surface area contributed by atoms with Gasteiger partial charge in [0.2, 0.25) is 5.91 Å². The number of nitrogens with one attached hydrogen (secondary N) is 1. The van der Waals surface area contributed by atoms with Crippen LogP contribution in [-0.4, -0.2) is 59.4 Å². The van der Waals surface area contributed by atoms with Gasteiger partial charge in [-0.2, -0.15) is 0 Å². The molecule has 34 heavy (non-hydrogen) atoms. The minimum absolute atomic E-state index is 0.0430. The second kappa shape index (κ2) is 11.2. The number of nitrogens with zero attached hydrogens (tertiary/aromatic N) is 4. The van der Waals surface area contributed by atoms with Gasteiger partial charge in [-0.15, -0.1) is 0 Å². The van der Waals surface area contributed by atoms with E-state index in [4.69, 9.17) is 9.97 Å². The van der Waals surface area contributed by atoms with E-state index in [0.29, 0.717) is 36.9 Å². The molecule has 0 unspecified atom stereocenters. The fourth-order valence-electron chi connectivity index (χ4n) is 3.62. The second-order valence-electron chi connectivity index (χ2n) is 10.2. The summed E-state index contributed by atoms with van der Waals surface area (Å²) < 4.78 is 0. The van der Waals surface area contributed by atoms with Crippen LogP contribution in [-0.2, 0) is 16.0 Å². The molecule has 1 fully saturated rings. The second-order valence-corrected chi connectivity index (χ2v) is 11.2. The van der Waals surface area contributed by atoms with Crippen molar-refractivity contribution < 1.29 is 9.59 Å². The quantitative estimate of drug-likeness (QED) is 0.471. The minimum Gasteiger partial charge on any atom is -0.353 e. The molecule has 1 saturated heterocycles. The molecule has 1 aromatic heterocycles. The zero-order valence-corrected chi connectivity index (χ0v) is 22.0. The number of hydrogen-bond donors (Lipinski definition) is 1. The third-order valence-electron chi connectivity index (χ3n) is 5.74. The summed E-state index contributed by atoms with van der Waals surface area (Å²) in [7, 11) is 0. The predicted octanol–water partition coefficient (Wildman–Crippen LogP) is 4.12. The van der Waals surface area contributed by atoms with Crippen LogP contribution in [0.5, 0.6) is 0 Å². The van der Waals surface area contributed by atoms with Crippen molar-refractivity contribution in [1.29, 1.82) is 0 Å². The standard InChI is InChI=1S/C26H37N5O2S/c1-18(2)16-27-24(33)21-9-7-8-20(14-21)17-34-25-28-22(26(4,5)6)15-23(29-25)31-12-10-30(11-13-31)19(3)32/h7-9,14-15,18H,10-13,16-17H2,1-6H3,(H,27,33). The molecule has 0 atom stereocenters. The fourth-order valence-corrected chi connectivity index (χ4v) is 4.42. The first-order chi connectivity index (χ1) is 16.0. The largest absolute Gasteiger partial charge is 0.353 e. The van der Waals surface area contributed by atoms with Gasteiger partial charge in [0.25, 0.3) is 5.91 Å². The highest BCUT2D eigenvalue weighted by molar-refractivity contribution is 7.98. The van der Waals surface area contributed by atoms with Crippen molar-refractivity contribution in [2.24, 2.45) is 5.92 Å². The minimum atomic E-state index is -0.109. The highest BCUT2D eigenvalue weighted by Crippen LogP contribution is 2.29. The van der Waals surface area contributed by atoms with Crippen molar-refractivity contribution in [3.63, 3.8) is 0 Å². The van der Waals surface area contributed by atoms with E-state index in [0.717, 1.165) is 35.3 Å². The number of aromatic nitrogens is 2. The number of rotatable bonds is 7. The molecule has 2 amide bonds. The number of piperazine rings is 1. The first-order valence-electron chi connectivity index (χ1n) is 11.9. The lowest BCUT2D eigenvalue weighted by molar-refractivity contribution is -0.129. The van der Waals surface area contributed by atoms with E-state index in [1.54, 1.807) is 18.7 Å². The Labute approximate surface area is 207 Å². The Morgan fingerprint density at radius 1 is 1.09 bits per heavy atom. The summed E-state index contributed by atoms with van der Waals surface area (Å²) in [6, 6.07) is 9.82. The lowest BCUT2D eigenvalue weighted by Crippen LogP contribution is -2.48. The molecular weight excluding hydrogens is 446 g/mol. The van der Waals surface area contributed by atoms with Crippen molar-refractivity contribution in [2.75, 3.05) is 37.6 Å². The Morgan fingerprint density at radius 3 is 2.41 bits per heavy atom. The van der Waals surface area contributed by atoms with Crippen molar-refractivity contribution in [3.05, 3.63) is 47.2 Å². The van der Waals surface area contributed by atoms with Crippen LogP contribution in [0.25, 0.3) is 0 Å². The molecule has 184 valence electrons. The van der Waals surface area contributed by atoms with Gasteiger partial charge < -0.3 is 15.1 Å². The molecule has 1 aliphatic rings. The topological polar surface area (TPSA) is 78.4 Å². The molecule has 1 aromatic carbocycles. The molecule has 0 bridgehead atoms. The predicted molar refractivity (Wildman–Crippen MR) is 138 cm³/mol. The summed E-state index contributed by atoms with van der Waals surface area (Å²) in [5.41, 5.74) is 2.62. The maximum absolute atomic E-state index is 12.4. The molecule has 8 heteroatoms. The number of hydrogen-bond acceptors (Lipinski definition) is 6. The highest BCUT2D eigenvalue weighted by atomic mass is 32.2. The summed E-state index contributed by atoms with van der Waals surface area (Å²) in [5.74, 6) is 2.07. The number of benzene rings is 1. The van der Waals surface area contributed by atoms with Gasteiger partial charge >= 0.3 is 0 Å². The average Bonchev–Trinajstić information content (AvgIpc) is 2.80. The summed E-state index contributed by atoms with van der Waals surface area (Å²) in [6.45, 7) is 15.8. The molecule has 0 spiro atoms. The summed E-state index contributed by atoms with van der Waals surface area (Å²) in [6.07, 6.45) is 0. The van der Waals surface area contributed by atoms with Gasteiger partial charge in [-0.25, -0.2) is 9.97 Å². The monoisotopic (exact) mass is 483 g/mol. The number of thioether (sulfide) groups is 1. The van der Waals surface area contributed by atoms with Crippen LogP contribution in [0.3, 0.4) is 0 Å². The Morgan fingerprint density at radius 2 is 1.79 bits per heavy atom. The lowest BCUT2D eigenvalue weighted by atomic mass is 9.92. The van der Waals surface area contributed by atoms with Crippen LogP contribution >= 0.6 is 11.8 Å². The van der Waals surface area contributed by atoms with Crippen LogP contribution < -0.4 is 10.2 Å². The molecule has 1 N–H and O–H groups in total. The fraction of sp³-hybridized carbons (Fsp3) is 0.538. The van der Waals surface area contributed by atoms with Crippen molar-refractivity contribution in [1.82, 2.24) is 20.2 Å². The van der Waals surface area contributed by atoms with Crippen LogP contribution in [0, 0.1) is 5.92 Å². The normalized spacial score (nSPS) is 14.4. The maximum Gasteiger partial charge on any atom is 0.251 e. The van der Waals surface area contributed by atoms with Crippen molar-refractivity contribution >= 4 is 29.4 Å². The Bertz CT molecular complexity index is 1010. The molecule has 0 aliphatic carbocycles. The smallest absolute Gasteiger partial charge is 0.251 e. The number of carbonyl (C=O) groups is 2. The molecule has 0 saturated carbocycles. The van der Waals surface area contributed by atoms with E-state index in [-0.39, 0.29) is 17.2 Å². The average molecular weight is 484 g/mol. The maximum atomic E-state index is 12.4. The van der Waals surface area contributed by atoms with E-state index < -0.39 is 0 Å². The van der Waals surface area contributed by atoms with Crippen molar-refractivity contribution in [3.8, 4) is 0 Å². The SMILES string of the molecule is CC(=O)N1CCN(c2cc(C(C)(C)C)nc(SCc3cccc(C(=O)NCC(C)C)c3)n2)CC1. The van der Waals surface area contributed by atoms with E-state index in [2.05, 4.69) is 50.9 Å². The third kappa shape index (κ3) is 7.19. The summed E-state index contributed by atoms with van der Waals surface area (Å²) in [5, 5.41) is 3.70. The molecule has 0 radical (unpaired) electrons. The van der Waals surface area contributed by atoms with Gasteiger partial charge in [-0.1, -0.05) is 58.5 Å². The van der Waals surface area contributed by atoms with Gasteiger partial charge in [0.05, 0.1) is 5.69 Å². The van der Waals surface area contributed by atoms with Crippen LogP contribution in [0.2, 0.25) is 0 Å². The van der Waals surface area contributed by atoms with E-state index in [9.17, 15) is 9.59 Å². The summed E-state index contributed by atoms with van der Waals surface area (Å²) in [4.78, 5) is 37.9. The van der Waals surface area contributed by atoms with Gasteiger partial charge in [0.1, 0.15) is 5.82 Å². The molecule has 3 rings (SSSR count). The zero-order chi connectivity index (χ0) is 24.9. The molecule has 1 aliphatic heterocycles. The Kier molecular flexibility index (Phi) is 8.57. The Balaban J connectivity index is 1.74. The molecule has 7 nitrogen and oxygen atoms in total. The van der Waals surface area contributed by atoms with Gasteiger partial charge in [0.15, 0.2) is 5.16 Å². The van der Waals surface area contributed by atoms with Crippen LogP contribution in [0.15, 0.2) is 35.5 Å². The van der Waals surface area contributed by atoms with Crippen LogP contribution in [0.4, 0.5) is 5.82 Å². The summed E-state index contributed by atoms with van der Waals surface area (Å²) >= 11 is 1.58. The Hall–Kier alpha value is -2.61. The highest BCUT2D eigenvalue weighted by Gasteiger charge is 2.24.